The molecule has 4 nitrogen and oxygen atoms in total. The number of nitrogens with zero attached hydrogens (tertiary/aromatic N) is 2. The summed E-state index contributed by atoms with van der Waals surface area (Å²) in [5.74, 6) is 0. The Bertz CT molecular complexity index is 221. The molecule has 0 amide bonds. The second kappa shape index (κ2) is 3.50. The molecule has 0 radical (unpaired) electrons. The zero-order chi connectivity index (χ0) is 8.27. The van der Waals surface area contributed by atoms with Gasteiger partial charge < -0.3 is 10.8 Å². The molecule has 1 rings (SSSR count). The topological polar surface area (TPSA) is 64.1 Å². The summed E-state index contributed by atoms with van der Waals surface area (Å²) in [5.41, 5.74) is 6.44. The summed E-state index contributed by atoms with van der Waals surface area (Å²) in [5, 5.41) is 12.7. The van der Waals surface area contributed by atoms with Crippen molar-refractivity contribution in [1.29, 1.82) is 0 Å². The molecule has 0 bridgehead atoms. The van der Waals surface area contributed by atoms with Gasteiger partial charge in [0, 0.05) is 18.3 Å². The van der Waals surface area contributed by atoms with Gasteiger partial charge in [0.05, 0.1) is 18.8 Å². The van der Waals surface area contributed by atoms with Crippen LogP contribution in [0, 0.1) is 0 Å². The minimum absolute atomic E-state index is 0.0323. The average molecular weight is 155 g/mol. The fourth-order valence-corrected chi connectivity index (χ4v) is 0.849. The molecule has 4 heteroatoms. The molecular formula is C7H13N3O. The number of hydrogen-bond acceptors (Lipinski definition) is 3. The smallest absolute Gasteiger partial charge is 0.0625 e. The Morgan fingerprint density at radius 1 is 1.82 bits per heavy atom. The number of rotatable bonds is 3. The summed E-state index contributed by atoms with van der Waals surface area (Å²) in [4.78, 5) is 0. The van der Waals surface area contributed by atoms with Gasteiger partial charge in [-0.1, -0.05) is 0 Å². The minimum atomic E-state index is -0.296. The highest BCUT2D eigenvalue weighted by Gasteiger charge is 2.05. The molecule has 0 saturated heterocycles. The van der Waals surface area contributed by atoms with Gasteiger partial charge in [-0.3, -0.25) is 4.68 Å². The predicted molar refractivity (Wildman–Crippen MR) is 41.9 cm³/mol. The predicted octanol–water partition coefficient (Wildman–Crippen LogP) is -0.105. The van der Waals surface area contributed by atoms with Gasteiger partial charge in [0.2, 0.25) is 0 Å². The maximum atomic E-state index is 8.71. The molecule has 0 aliphatic carbocycles. The van der Waals surface area contributed by atoms with Crippen LogP contribution in [0.25, 0.3) is 0 Å². The lowest BCUT2D eigenvalue weighted by Crippen LogP contribution is -2.13. The van der Waals surface area contributed by atoms with E-state index < -0.39 is 0 Å². The molecule has 3 N–H and O–H groups in total. The standard InChI is InChI=1S/C7H13N3O/c1-2-10-4-6(3-9-10)7(8)5-11/h3-4,7,11H,2,5,8H2,1H3/t7-/m1/s1. The van der Waals surface area contributed by atoms with Crippen LogP contribution in [0.5, 0.6) is 0 Å². The van der Waals surface area contributed by atoms with Crippen LogP contribution in [0.15, 0.2) is 12.4 Å². The molecule has 0 spiro atoms. The van der Waals surface area contributed by atoms with Crippen LogP contribution >= 0.6 is 0 Å². The van der Waals surface area contributed by atoms with E-state index in [-0.39, 0.29) is 12.6 Å². The van der Waals surface area contributed by atoms with Gasteiger partial charge in [0.15, 0.2) is 0 Å². The van der Waals surface area contributed by atoms with Gasteiger partial charge in [-0.15, -0.1) is 0 Å². The van der Waals surface area contributed by atoms with Crippen molar-refractivity contribution in [2.45, 2.75) is 19.5 Å². The molecule has 1 aromatic heterocycles. The highest BCUT2D eigenvalue weighted by Crippen LogP contribution is 2.06. The maximum absolute atomic E-state index is 8.71. The fraction of sp³-hybridized carbons (Fsp3) is 0.571. The number of aryl methyl sites for hydroxylation is 1. The van der Waals surface area contributed by atoms with Crippen molar-refractivity contribution < 1.29 is 5.11 Å². The molecule has 62 valence electrons. The van der Waals surface area contributed by atoms with Crippen LogP contribution < -0.4 is 5.73 Å². The molecule has 0 aliphatic rings. The van der Waals surface area contributed by atoms with Crippen LogP contribution in [0.2, 0.25) is 0 Å². The molecule has 1 aromatic rings. The number of aliphatic hydroxyl groups excluding tert-OH is 1. The molecule has 0 fully saturated rings. The Morgan fingerprint density at radius 2 is 2.55 bits per heavy atom. The second-order valence-electron chi connectivity index (χ2n) is 2.42. The van der Waals surface area contributed by atoms with Crippen LogP contribution in [0.4, 0.5) is 0 Å². The monoisotopic (exact) mass is 155 g/mol. The van der Waals surface area contributed by atoms with Gasteiger partial charge in [0.1, 0.15) is 0 Å². The molecule has 0 aromatic carbocycles. The molecule has 11 heavy (non-hydrogen) atoms. The van der Waals surface area contributed by atoms with Crippen molar-refractivity contribution in [3.05, 3.63) is 18.0 Å². The van der Waals surface area contributed by atoms with E-state index in [1.54, 1.807) is 10.9 Å². The van der Waals surface area contributed by atoms with Crippen LogP contribution in [0.3, 0.4) is 0 Å². The van der Waals surface area contributed by atoms with Crippen LogP contribution in [-0.4, -0.2) is 21.5 Å². The second-order valence-corrected chi connectivity index (χ2v) is 2.42. The van der Waals surface area contributed by atoms with E-state index in [1.807, 2.05) is 13.1 Å². The van der Waals surface area contributed by atoms with E-state index in [1.165, 1.54) is 0 Å². The lowest BCUT2D eigenvalue weighted by atomic mass is 10.2. The van der Waals surface area contributed by atoms with Crippen molar-refractivity contribution in [2.24, 2.45) is 5.73 Å². The quantitative estimate of drug-likeness (QED) is 0.640. The van der Waals surface area contributed by atoms with Crippen molar-refractivity contribution >= 4 is 0 Å². The van der Waals surface area contributed by atoms with Crippen molar-refractivity contribution in [3.63, 3.8) is 0 Å². The van der Waals surface area contributed by atoms with E-state index in [9.17, 15) is 0 Å². The highest BCUT2D eigenvalue weighted by molar-refractivity contribution is 5.09. The summed E-state index contributed by atoms with van der Waals surface area (Å²) < 4.78 is 1.78. The third-order valence-corrected chi connectivity index (χ3v) is 1.60. The third kappa shape index (κ3) is 1.78. The van der Waals surface area contributed by atoms with Crippen molar-refractivity contribution in [2.75, 3.05) is 6.61 Å². The van der Waals surface area contributed by atoms with Gasteiger partial charge in [-0.2, -0.15) is 5.10 Å². The Hall–Kier alpha value is -0.870. The Balaban J connectivity index is 2.71. The van der Waals surface area contributed by atoms with Crippen molar-refractivity contribution in [1.82, 2.24) is 9.78 Å². The van der Waals surface area contributed by atoms with E-state index in [2.05, 4.69) is 5.10 Å². The number of nitrogens with two attached hydrogens (primary N) is 1. The summed E-state index contributed by atoms with van der Waals surface area (Å²) in [6.45, 7) is 2.80. The Labute approximate surface area is 65.6 Å². The SMILES string of the molecule is CCn1cc([C@H](N)CO)cn1. The normalized spacial score (nSPS) is 13.4. The first-order chi connectivity index (χ1) is 5.27. The van der Waals surface area contributed by atoms with Crippen LogP contribution in [-0.2, 0) is 6.54 Å². The van der Waals surface area contributed by atoms with Gasteiger partial charge in [0.25, 0.3) is 0 Å². The zero-order valence-electron chi connectivity index (χ0n) is 6.57. The highest BCUT2D eigenvalue weighted by atomic mass is 16.3. The maximum Gasteiger partial charge on any atom is 0.0625 e. The minimum Gasteiger partial charge on any atom is -0.394 e. The first-order valence-corrected chi connectivity index (χ1v) is 3.66. The Morgan fingerprint density at radius 3 is 3.00 bits per heavy atom. The number of aliphatic hydroxyl groups is 1. The molecule has 0 aliphatic heterocycles. The summed E-state index contributed by atoms with van der Waals surface area (Å²) in [6, 6.07) is -0.296. The fourth-order valence-electron chi connectivity index (χ4n) is 0.849. The molecule has 1 atom stereocenters. The van der Waals surface area contributed by atoms with Crippen molar-refractivity contribution in [3.8, 4) is 0 Å². The molecule has 0 saturated carbocycles. The lowest BCUT2D eigenvalue weighted by Gasteiger charge is -2.02. The van der Waals surface area contributed by atoms with Gasteiger partial charge >= 0.3 is 0 Å². The third-order valence-electron chi connectivity index (χ3n) is 1.60. The van der Waals surface area contributed by atoms with E-state index in [0.717, 1.165) is 12.1 Å². The van der Waals surface area contributed by atoms with Gasteiger partial charge in [-0.05, 0) is 6.92 Å². The first-order valence-electron chi connectivity index (χ1n) is 3.66. The van der Waals surface area contributed by atoms with Crippen LogP contribution in [0.1, 0.15) is 18.5 Å². The molecule has 0 unspecified atom stereocenters. The number of aromatic nitrogens is 2. The summed E-state index contributed by atoms with van der Waals surface area (Å²) in [7, 11) is 0. The lowest BCUT2D eigenvalue weighted by molar-refractivity contribution is 0.268. The summed E-state index contributed by atoms with van der Waals surface area (Å²) in [6.07, 6.45) is 3.53. The average Bonchev–Trinajstić information content (AvgIpc) is 2.50. The van der Waals surface area contributed by atoms with E-state index >= 15 is 0 Å². The first kappa shape index (κ1) is 8.23. The summed E-state index contributed by atoms with van der Waals surface area (Å²) >= 11 is 0. The molecular weight excluding hydrogens is 142 g/mol. The van der Waals surface area contributed by atoms with E-state index in [4.69, 9.17) is 10.8 Å². The molecule has 1 heterocycles. The van der Waals surface area contributed by atoms with E-state index in [0.29, 0.717) is 0 Å². The number of hydrogen-bond donors (Lipinski definition) is 2. The van der Waals surface area contributed by atoms with Gasteiger partial charge in [-0.25, -0.2) is 0 Å². The largest absolute Gasteiger partial charge is 0.394 e. The Kier molecular flexibility index (Phi) is 2.62. The zero-order valence-corrected chi connectivity index (χ0v) is 6.57.